The van der Waals surface area contributed by atoms with Gasteiger partial charge >= 0.3 is 5.97 Å². The predicted molar refractivity (Wildman–Crippen MR) is 62.0 cm³/mol. The molecule has 0 spiro atoms. The lowest BCUT2D eigenvalue weighted by Gasteiger charge is -2.06. The summed E-state index contributed by atoms with van der Waals surface area (Å²) < 4.78 is 30.2. The Hall–Kier alpha value is -1.51. The van der Waals surface area contributed by atoms with Crippen molar-refractivity contribution < 1.29 is 23.1 Å². The van der Waals surface area contributed by atoms with Gasteiger partial charge in [0.05, 0.1) is 20.1 Å². The number of aliphatic hydroxyl groups is 1. The average Bonchev–Trinajstić information content (AvgIpc) is 2.38. The van der Waals surface area contributed by atoms with E-state index in [1.807, 2.05) is 0 Å². The fourth-order valence-corrected chi connectivity index (χ4v) is 2.21. The second-order valence-corrected chi connectivity index (χ2v) is 5.18. The summed E-state index contributed by atoms with van der Waals surface area (Å²) in [7, 11) is -2.50. The van der Waals surface area contributed by atoms with E-state index in [2.05, 4.69) is 14.4 Å². The van der Waals surface area contributed by atoms with Gasteiger partial charge in [-0.15, -0.1) is 0 Å². The van der Waals surface area contributed by atoms with Crippen LogP contribution >= 0.6 is 0 Å². The minimum Gasteiger partial charge on any atom is -0.469 e. The summed E-state index contributed by atoms with van der Waals surface area (Å²) in [5.74, 6) is -0.500. The molecule has 1 aromatic heterocycles. The molecule has 2 N–H and O–H groups in total. The number of pyridine rings is 1. The molecule has 0 atom stereocenters. The Bertz CT molecular complexity index is 515. The lowest BCUT2D eigenvalue weighted by molar-refractivity contribution is -0.140. The van der Waals surface area contributed by atoms with Crippen LogP contribution < -0.4 is 4.72 Å². The third-order valence-corrected chi connectivity index (χ3v) is 3.54. The van der Waals surface area contributed by atoms with Crippen molar-refractivity contribution in [2.24, 2.45) is 0 Å². The summed E-state index contributed by atoms with van der Waals surface area (Å²) in [5.41, 5.74) is 0.394. The van der Waals surface area contributed by atoms with Crippen LogP contribution in [0, 0.1) is 0 Å². The van der Waals surface area contributed by atoms with Crippen LogP contribution in [0.3, 0.4) is 0 Å². The molecule has 0 aliphatic carbocycles. The molecule has 18 heavy (non-hydrogen) atoms. The maximum absolute atomic E-state index is 11.8. The van der Waals surface area contributed by atoms with E-state index >= 15 is 0 Å². The number of methoxy groups -OCH3 is 1. The second kappa shape index (κ2) is 6.43. The van der Waals surface area contributed by atoms with E-state index in [-0.39, 0.29) is 24.5 Å². The van der Waals surface area contributed by atoms with Gasteiger partial charge in [-0.2, -0.15) is 0 Å². The minimum atomic E-state index is -3.73. The van der Waals surface area contributed by atoms with Gasteiger partial charge in [0.25, 0.3) is 0 Å². The number of sulfonamides is 1. The molecule has 0 aliphatic heterocycles. The highest BCUT2D eigenvalue weighted by molar-refractivity contribution is 7.89. The average molecular weight is 274 g/mol. The molecule has 0 fully saturated rings. The summed E-state index contributed by atoms with van der Waals surface area (Å²) in [6.45, 7) is -0.350. The highest BCUT2D eigenvalue weighted by Gasteiger charge is 2.15. The zero-order valence-corrected chi connectivity index (χ0v) is 10.6. The number of carbonyl (C=O) groups is 1. The summed E-state index contributed by atoms with van der Waals surface area (Å²) in [4.78, 5) is 14.5. The minimum absolute atomic E-state index is 0.0527. The van der Waals surface area contributed by atoms with Crippen molar-refractivity contribution >= 4 is 16.0 Å². The number of aliphatic hydroxyl groups excluding tert-OH is 1. The number of hydrogen-bond donors (Lipinski definition) is 2. The highest BCUT2D eigenvalue weighted by Crippen LogP contribution is 2.09. The summed E-state index contributed by atoms with van der Waals surface area (Å²) >= 11 is 0. The molecule has 0 unspecified atom stereocenters. The Morgan fingerprint density at radius 2 is 2.22 bits per heavy atom. The molecule has 0 saturated carbocycles. The van der Waals surface area contributed by atoms with Gasteiger partial charge in [0, 0.05) is 18.9 Å². The Morgan fingerprint density at radius 1 is 1.50 bits per heavy atom. The van der Waals surface area contributed by atoms with Crippen LogP contribution in [0.1, 0.15) is 12.0 Å². The van der Waals surface area contributed by atoms with E-state index < -0.39 is 16.0 Å². The van der Waals surface area contributed by atoms with Gasteiger partial charge in [-0.1, -0.05) is 0 Å². The van der Waals surface area contributed by atoms with Crippen LogP contribution in [0.15, 0.2) is 23.4 Å². The number of rotatable bonds is 6. The van der Waals surface area contributed by atoms with E-state index in [0.717, 1.165) is 0 Å². The van der Waals surface area contributed by atoms with E-state index in [0.29, 0.717) is 5.56 Å². The first kappa shape index (κ1) is 14.6. The molecule has 0 bridgehead atoms. The van der Waals surface area contributed by atoms with Gasteiger partial charge in [-0.3, -0.25) is 9.78 Å². The standard InChI is InChI=1S/C10H14N2O5S/c1-17-10(14)2-3-12-18(15,16)9-4-8(7-13)5-11-6-9/h4-6,12-13H,2-3,7H2,1H3. The van der Waals surface area contributed by atoms with E-state index in [4.69, 9.17) is 5.11 Å². The van der Waals surface area contributed by atoms with Gasteiger partial charge in [0.15, 0.2) is 0 Å². The third-order valence-electron chi connectivity index (χ3n) is 2.11. The number of carbonyl (C=O) groups excluding carboxylic acids is 1. The van der Waals surface area contributed by atoms with Crippen LogP contribution in [0.5, 0.6) is 0 Å². The molecule has 0 aromatic carbocycles. The maximum Gasteiger partial charge on any atom is 0.306 e. The highest BCUT2D eigenvalue weighted by atomic mass is 32.2. The molecule has 100 valence electrons. The van der Waals surface area contributed by atoms with Gasteiger partial charge in [0.1, 0.15) is 4.90 Å². The Labute approximate surface area is 105 Å². The number of aromatic nitrogens is 1. The summed E-state index contributed by atoms with van der Waals surface area (Å²) in [5, 5.41) is 8.89. The molecule has 0 radical (unpaired) electrons. The number of ether oxygens (including phenoxy) is 1. The van der Waals surface area contributed by atoms with E-state index in [9.17, 15) is 13.2 Å². The first-order valence-electron chi connectivity index (χ1n) is 5.11. The smallest absolute Gasteiger partial charge is 0.306 e. The van der Waals surface area contributed by atoms with Crippen LogP contribution in [0.4, 0.5) is 0 Å². The van der Waals surface area contributed by atoms with Crippen molar-refractivity contribution in [2.45, 2.75) is 17.9 Å². The Balaban J connectivity index is 2.71. The van der Waals surface area contributed by atoms with Gasteiger partial charge in [-0.05, 0) is 11.6 Å². The zero-order chi connectivity index (χ0) is 13.6. The molecule has 0 aliphatic rings. The molecular formula is C10H14N2O5S. The van der Waals surface area contributed by atoms with Crippen molar-refractivity contribution in [3.8, 4) is 0 Å². The SMILES string of the molecule is COC(=O)CCNS(=O)(=O)c1cncc(CO)c1. The quantitative estimate of drug-likeness (QED) is 0.672. The van der Waals surface area contributed by atoms with Gasteiger partial charge < -0.3 is 9.84 Å². The van der Waals surface area contributed by atoms with Crippen LogP contribution in [0.2, 0.25) is 0 Å². The fourth-order valence-electron chi connectivity index (χ4n) is 1.17. The predicted octanol–water partition coefficient (Wildman–Crippen LogP) is -0.585. The van der Waals surface area contributed by atoms with Crippen molar-refractivity contribution in [3.63, 3.8) is 0 Å². The van der Waals surface area contributed by atoms with E-state index in [1.165, 1.54) is 25.6 Å². The molecule has 0 saturated heterocycles. The van der Waals surface area contributed by atoms with Gasteiger partial charge in [-0.25, -0.2) is 13.1 Å². The van der Waals surface area contributed by atoms with Crippen LogP contribution in [-0.2, 0) is 26.2 Å². The molecule has 1 aromatic rings. The summed E-state index contributed by atoms with van der Waals surface area (Å²) in [6.07, 6.45) is 2.48. The molecular weight excluding hydrogens is 260 g/mol. The normalized spacial score (nSPS) is 11.2. The first-order valence-corrected chi connectivity index (χ1v) is 6.59. The summed E-state index contributed by atoms with van der Waals surface area (Å²) in [6, 6.07) is 1.31. The lowest BCUT2D eigenvalue weighted by Crippen LogP contribution is -2.26. The van der Waals surface area contributed by atoms with Gasteiger partial charge in [0.2, 0.25) is 10.0 Å². The Kier molecular flexibility index (Phi) is 5.20. The second-order valence-electron chi connectivity index (χ2n) is 3.41. The zero-order valence-electron chi connectivity index (χ0n) is 9.79. The molecule has 1 rings (SSSR count). The number of nitrogens with zero attached hydrogens (tertiary/aromatic N) is 1. The first-order chi connectivity index (χ1) is 8.49. The van der Waals surface area contributed by atoms with Crippen LogP contribution in [-0.4, -0.2) is 38.1 Å². The molecule has 8 heteroatoms. The number of nitrogens with one attached hydrogen (secondary N) is 1. The maximum atomic E-state index is 11.8. The molecule has 1 heterocycles. The van der Waals surface area contributed by atoms with Crippen molar-refractivity contribution in [3.05, 3.63) is 24.0 Å². The fraction of sp³-hybridized carbons (Fsp3) is 0.400. The Morgan fingerprint density at radius 3 is 2.83 bits per heavy atom. The molecule has 0 amide bonds. The topological polar surface area (TPSA) is 106 Å². The lowest BCUT2D eigenvalue weighted by atomic mass is 10.3. The van der Waals surface area contributed by atoms with Crippen LogP contribution in [0.25, 0.3) is 0 Å². The third kappa shape index (κ3) is 4.06. The van der Waals surface area contributed by atoms with E-state index in [1.54, 1.807) is 0 Å². The molecule has 7 nitrogen and oxygen atoms in total. The van der Waals surface area contributed by atoms with Crippen molar-refractivity contribution in [1.29, 1.82) is 0 Å². The largest absolute Gasteiger partial charge is 0.469 e. The number of hydrogen-bond acceptors (Lipinski definition) is 6. The number of esters is 1. The van der Waals surface area contributed by atoms with Crippen molar-refractivity contribution in [2.75, 3.05) is 13.7 Å². The monoisotopic (exact) mass is 274 g/mol. The van der Waals surface area contributed by atoms with Crippen molar-refractivity contribution in [1.82, 2.24) is 9.71 Å².